The highest BCUT2D eigenvalue weighted by molar-refractivity contribution is 6.06. The van der Waals surface area contributed by atoms with Gasteiger partial charge in [-0.05, 0) is 37.6 Å². The van der Waals surface area contributed by atoms with Gasteiger partial charge in [0, 0.05) is 25.5 Å². The summed E-state index contributed by atoms with van der Waals surface area (Å²) in [4.78, 5) is 15.0. The van der Waals surface area contributed by atoms with Crippen molar-refractivity contribution in [1.29, 1.82) is 0 Å². The molecule has 1 aliphatic rings. The van der Waals surface area contributed by atoms with Crippen LogP contribution in [0.25, 0.3) is 10.8 Å². The van der Waals surface area contributed by atoms with Crippen molar-refractivity contribution >= 4 is 22.4 Å². The van der Waals surface area contributed by atoms with Gasteiger partial charge in [0.1, 0.15) is 0 Å². The molecule has 0 aromatic heterocycles. The lowest BCUT2D eigenvalue weighted by Gasteiger charge is -2.35. The van der Waals surface area contributed by atoms with E-state index in [2.05, 4.69) is 31.2 Å². The first-order chi connectivity index (χ1) is 11.6. The minimum atomic E-state index is -0.467. The molecule has 24 heavy (non-hydrogen) atoms. The van der Waals surface area contributed by atoms with Crippen LogP contribution in [-0.4, -0.2) is 32.5 Å². The molecule has 1 aliphatic carbocycles. The predicted octanol–water partition coefficient (Wildman–Crippen LogP) is 3.90. The largest absolute Gasteiger partial charge is 0.354 e. The maximum Gasteiger partial charge on any atom is 0.230 e. The fourth-order valence-corrected chi connectivity index (χ4v) is 3.34. The molecular formula is C20H25NO3. The van der Waals surface area contributed by atoms with E-state index >= 15 is 0 Å². The number of hydrogen-bond acceptors (Lipinski definition) is 3. The third-order valence-electron chi connectivity index (χ3n) is 4.77. The molecule has 4 nitrogen and oxygen atoms in total. The number of fused-ring (bicyclic) bond motifs is 1. The zero-order valence-electron chi connectivity index (χ0n) is 14.8. The minimum absolute atomic E-state index is 0.125. The molecule has 1 atom stereocenters. The molecule has 3 rings (SSSR count). The summed E-state index contributed by atoms with van der Waals surface area (Å²) in [6.07, 6.45) is 1.47. The number of hydrogen-bond donors (Lipinski definition) is 0. The van der Waals surface area contributed by atoms with Gasteiger partial charge in [-0.1, -0.05) is 36.4 Å². The second-order valence-corrected chi connectivity index (χ2v) is 6.52. The molecule has 0 spiro atoms. The van der Waals surface area contributed by atoms with Crippen molar-refractivity contribution in [3.63, 3.8) is 0 Å². The van der Waals surface area contributed by atoms with E-state index in [0.717, 1.165) is 34.9 Å². The molecule has 0 saturated heterocycles. The topological polar surface area (TPSA) is 38.8 Å². The number of amides is 1. The molecule has 0 radical (unpaired) electrons. The smallest absolute Gasteiger partial charge is 0.230 e. The summed E-state index contributed by atoms with van der Waals surface area (Å²) in [7, 11) is 3.22. The Labute approximate surface area is 143 Å². The average Bonchev–Trinajstić information content (AvgIpc) is 3.43. The van der Waals surface area contributed by atoms with Crippen LogP contribution in [0.15, 0.2) is 36.4 Å². The molecule has 2 aromatic carbocycles. The Morgan fingerprint density at radius 2 is 1.79 bits per heavy atom. The van der Waals surface area contributed by atoms with Gasteiger partial charge in [-0.3, -0.25) is 4.79 Å². The molecule has 1 amide bonds. The van der Waals surface area contributed by atoms with E-state index in [1.54, 1.807) is 14.2 Å². The van der Waals surface area contributed by atoms with Crippen LogP contribution in [-0.2, 0) is 14.3 Å². The molecule has 4 heteroatoms. The third-order valence-corrected chi connectivity index (χ3v) is 4.77. The van der Waals surface area contributed by atoms with E-state index < -0.39 is 6.29 Å². The molecule has 0 N–H and O–H groups in total. The Morgan fingerprint density at radius 1 is 1.12 bits per heavy atom. The first-order valence-corrected chi connectivity index (χ1v) is 8.45. The Bertz CT molecular complexity index is 735. The SMILES string of the molecule is COC(OC)C(C)N(C(=O)C1CC1)c1c(C)ccc2ccccc12. The molecule has 1 fully saturated rings. The molecule has 128 valence electrons. The van der Waals surface area contributed by atoms with Crippen molar-refractivity contribution in [3.05, 3.63) is 42.0 Å². The fourth-order valence-electron chi connectivity index (χ4n) is 3.34. The second-order valence-electron chi connectivity index (χ2n) is 6.52. The van der Waals surface area contributed by atoms with E-state index in [4.69, 9.17) is 9.47 Å². The number of rotatable bonds is 6. The van der Waals surface area contributed by atoms with Gasteiger partial charge in [-0.2, -0.15) is 0 Å². The Morgan fingerprint density at radius 3 is 2.42 bits per heavy atom. The summed E-state index contributed by atoms with van der Waals surface area (Å²) in [6.45, 7) is 4.04. The molecule has 0 heterocycles. The Balaban J connectivity index is 2.15. The first kappa shape index (κ1) is 16.9. The lowest BCUT2D eigenvalue weighted by atomic mass is 10.0. The minimum Gasteiger partial charge on any atom is -0.354 e. The second kappa shape index (κ2) is 6.91. The zero-order chi connectivity index (χ0) is 17.3. The van der Waals surface area contributed by atoms with Gasteiger partial charge < -0.3 is 14.4 Å². The lowest BCUT2D eigenvalue weighted by molar-refractivity contribution is -0.130. The number of benzene rings is 2. The third kappa shape index (κ3) is 3.04. The molecule has 0 aliphatic heterocycles. The summed E-state index contributed by atoms with van der Waals surface area (Å²) in [5.74, 6) is 0.293. The Hall–Kier alpha value is -1.91. The number of aryl methyl sites for hydroxylation is 1. The average molecular weight is 327 g/mol. The molecule has 0 bridgehead atoms. The molecule has 2 aromatic rings. The highest BCUT2D eigenvalue weighted by atomic mass is 16.7. The number of carbonyl (C=O) groups is 1. The van der Waals surface area contributed by atoms with E-state index in [1.807, 2.05) is 24.0 Å². The summed E-state index contributed by atoms with van der Waals surface area (Å²) < 4.78 is 10.9. The van der Waals surface area contributed by atoms with Crippen molar-refractivity contribution in [1.82, 2.24) is 0 Å². The van der Waals surface area contributed by atoms with Crippen molar-refractivity contribution in [2.24, 2.45) is 5.92 Å². The summed E-state index contributed by atoms with van der Waals surface area (Å²) in [5.41, 5.74) is 2.05. The molecule has 1 unspecified atom stereocenters. The highest BCUT2D eigenvalue weighted by Gasteiger charge is 2.39. The first-order valence-electron chi connectivity index (χ1n) is 8.45. The van der Waals surface area contributed by atoms with Crippen molar-refractivity contribution in [2.75, 3.05) is 19.1 Å². The lowest BCUT2D eigenvalue weighted by Crippen LogP contribution is -2.48. The van der Waals surface area contributed by atoms with Crippen LogP contribution < -0.4 is 4.90 Å². The number of anilines is 1. The van der Waals surface area contributed by atoms with Gasteiger partial charge in [-0.25, -0.2) is 0 Å². The monoisotopic (exact) mass is 327 g/mol. The number of ether oxygens (including phenoxy) is 2. The maximum absolute atomic E-state index is 13.1. The van der Waals surface area contributed by atoms with E-state index in [9.17, 15) is 4.79 Å². The van der Waals surface area contributed by atoms with Crippen LogP contribution in [0.2, 0.25) is 0 Å². The van der Waals surface area contributed by atoms with Gasteiger partial charge in [0.15, 0.2) is 6.29 Å². The van der Waals surface area contributed by atoms with Crippen LogP contribution in [0.3, 0.4) is 0 Å². The van der Waals surface area contributed by atoms with Crippen LogP contribution >= 0.6 is 0 Å². The van der Waals surface area contributed by atoms with Gasteiger partial charge >= 0.3 is 0 Å². The van der Waals surface area contributed by atoms with Crippen LogP contribution in [0, 0.1) is 12.8 Å². The van der Waals surface area contributed by atoms with Gasteiger partial charge in [-0.15, -0.1) is 0 Å². The normalized spacial score (nSPS) is 15.7. The van der Waals surface area contributed by atoms with Crippen molar-refractivity contribution < 1.29 is 14.3 Å². The standard InChI is InChI=1S/C20H25NO3/c1-13-9-10-15-7-5-6-8-17(15)18(13)21(19(22)16-11-12-16)14(2)20(23-3)24-4/h5-10,14,16,20H,11-12H2,1-4H3. The zero-order valence-corrected chi connectivity index (χ0v) is 14.8. The Kier molecular flexibility index (Phi) is 4.88. The number of nitrogens with zero attached hydrogens (tertiary/aromatic N) is 1. The van der Waals surface area contributed by atoms with Crippen molar-refractivity contribution in [2.45, 2.75) is 39.0 Å². The number of carbonyl (C=O) groups excluding carboxylic acids is 1. The van der Waals surface area contributed by atoms with Crippen LogP contribution in [0.5, 0.6) is 0 Å². The van der Waals surface area contributed by atoms with Crippen LogP contribution in [0.1, 0.15) is 25.3 Å². The van der Waals surface area contributed by atoms with E-state index in [1.165, 1.54) is 0 Å². The summed E-state index contributed by atoms with van der Waals surface area (Å²) in [5, 5.41) is 2.22. The summed E-state index contributed by atoms with van der Waals surface area (Å²) in [6, 6.07) is 12.1. The quantitative estimate of drug-likeness (QED) is 0.755. The van der Waals surface area contributed by atoms with Gasteiger partial charge in [0.2, 0.25) is 5.91 Å². The number of methoxy groups -OCH3 is 2. The summed E-state index contributed by atoms with van der Waals surface area (Å²) >= 11 is 0. The van der Waals surface area contributed by atoms with E-state index in [0.29, 0.717) is 0 Å². The molecular weight excluding hydrogens is 302 g/mol. The van der Waals surface area contributed by atoms with E-state index in [-0.39, 0.29) is 17.9 Å². The highest BCUT2D eigenvalue weighted by Crippen LogP contribution is 2.38. The predicted molar refractivity (Wildman–Crippen MR) is 96.2 cm³/mol. The van der Waals surface area contributed by atoms with Gasteiger partial charge in [0.05, 0.1) is 11.7 Å². The maximum atomic E-state index is 13.1. The van der Waals surface area contributed by atoms with Crippen LogP contribution in [0.4, 0.5) is 5.69 Å². The van der Waals surface area contributed by atoms with Gasteiger partial charge in [0.25, 0.3) is 0 Å². The fraction of sp³-hybridized carbons (Fsp3) is 0.450. The molecule has 1 saturated carbocycles. The van der Waals surface area contributed by atoms with Crippen molar-refractivity contribution in [3.8, 4) is 0 Å².